The fourth-order valence-electron chi connectivity index (χ4n) is 1.92. The minimum atomic E-state index is -1.11. The molecule has 1 unspecified atom stereocenters. The zero-order valence-corrected chi connectivity index (χ0v) is 13.0. The molecule has 1 rings (SSSR count). The van der Waals surface area contributed by atoms with E-state index in [2.05, 4.69) is 13.8 Å². The van der Waals surface area contributed by atoms with Gasteiger partial charge in [0.2, 0.25) is 0 Å². The van der Waals surface area contributed by atoms with Crippen molar-refractivity contribution in [2.45, 2.75) is 64.9 Å². The molecule has 119 valence electrons. The molecular weight excluding hydrogens is 268 g/mol. The van der Waals surface area contributed by atoms with Gasteiger partial charge in [0, 0.05) is 0 Å². The average molecular weight is 295 g/mol. The minimum absolute atomic E-state index is 0.0671. The molecule has 4 nitrogen and oxygen atoms in total. The standard InChI is InChI=1S/C10H21O.C7H6O3/c1-3-5-6-7-9-10(11)8-4-2;8-6-4-2-1-3-5(6)7(9)10/h10H,3-9H2,1-2H3;1-4,8H,(H,9,10). The van der Waals surface area contributed by atoms with Crippen molar-refractivity contribution in [1.82, 2.24) is 0 Å². The first-order chi connectivity index (χ1) is 10.0. The van der Waals surface area contributed by atoms with Crippen molar-refractivity contribution >= 4 is 5.97 Å². The van der Waals surface area contributed by atoms with Gasteiger partial charge >= 0.3 is 5.97 Å². The Hall–Kier alpha value is -1.55. The number of hydrogen-bond acceptors (Lipinski definition) is 2. The topological polar surface area (TPSA) is 77.4 Å². The average Bonchev–Trinajstić information content (AvgIpc) is 2.45. The first-order valence-corrected chi connectivity index (χ1v) is 7.70. The van der Waals surface area contributed by atoms with Gasteiger partial charge in [-0.3, -0.25) is 0 Å². The first kappa shape index (κ1) is 19.4. The maximum Gasteiger partial charge on any atom is 0.339 e. The van der Waals surface area contributed by atoms with E-state index in [1.807, 2.05) is 0 Å². The third kappa shape index (κ3) is 9.91. The van der Waals surface area contributed by atoms with Crippen LogP contribution in [0.3, 0.4) is 0 Å². The summed E-state index contributed by atoms with van der Waals surface area (Å²) < 4.78 is 0. The van der Waals surface area contributed by atoms with Crippen LogP contribution in [0.1, 0.15) is 69.2 Å². The summed E-state index contributed by atoms with van der Waals surface area (Å²) in [6, 6.07) is 5.81. The molecule has 0 aliphatic heterocycles. The Labute approximate surface area is 127 Å². The molecule has 0 aliphatic rings. The number of carboxylic acids is 1. The molecule has 0 bridgehead atoms. The summed E-state index contributed by atoms with van der Waals surface area (Å²) in [6.45, 7) is 4.28. The largest absolute Gasteiger partial charge is 0.507 e. The first-order valence-electron chi connectivity index (χ1n) is 7.70. The Kier molecular flexibility index (Phi) is 11.3. The van der Waals surface area contributed by atoms with Crippen LogP contribution in [-0.4, -0.2) is 22.3 Å². The van der Waals surface area contributed by atoms with Crippen molar-refractivity contribution in [3.63, 3.8) is 0 Å². The molecule has 4 heteroatoms. The Bertz CT molecular complexity index is 390. The van der Waals surface area contributed by atoms with Gasteiger partial charge in [-0.05, 0) is 25.0 Å². The number of para-hydroxylation sites is 1. The number of phenols is 1. The number of unbranched alkanes of at least 4 members (excludes halogenated alkanes) is 3. The van der Waals surface area contributed by atoms with Crippen LogP contribution in [0.15, 0.2) is 24.3 Å². The molecule has 1 atom stereocenters. The second-order valence-corrected chi connectivity index (χ2v) is 5.08. The third-order valence-electron chi connectivity index (χ3n) is 3.12. The lowest BCUT2D eigenvalue weighted by molar-refractivity contribution is 0.0691. The van der Waals surface area contributed by atoms with E-state index < -0.39 is 5.97 Å². The summed E-state index contributed by atoms with van der Waals surface area (Å²) in [7, 11) is 0. The van der Waals surface area contributed by atoms with Crippen LogP contribution >= 0.6 is 0 Å². The van der Waals surface area contributed by atoms with Gasteiger partial charge in [-0.2, -0.15) is 0 Å². The summed E-state index contributed by atoms with van der Waals surface area (Å²) in [5.41, 5.74) is -0.0671. The molecule has 0 saturated carbocycles. The quantitative estimate of drug-likeness (QED) is 0.685. The predicted octanol–water partition coefficient (Wildman–Crippen LogP) is 4.65. The number of aromatic hydroxyl groups is 1. The Morgan fingerprint density at radius 1 is 1.05 bits per heavy atom. The van der Waals surface area contributed by atoms with E-state index in [0.717, 1.165) is 25.7 Å². The highest BCUT2D eigenvalue weighted by molar-refractivity contribution is 5.90. The van der Waals surface area contributed by atoms with Crippen molar-refractivity contribution in [3.05, 3.63) is 29.8 Å². The molecule has 1 radical (unpaired) electrons. The van der Waals surface area contributed by atoms with Crippen molar-refractivity contribution in [1.29, 1.82) is 0 Å². The minimum Gasteiger partial charge on any atom is -0.507 e. The third-order valence-corrected chi connectivity index (χ3v) is 3.12. The fraction of sp³-hybridized carbons (Fsp3) is 0.588. The molecular formula is C17H27O4. The van der Waals surface area contributed by atoms with Gasteiger partial charge in [-0.1, -0.05) is 58.1 Å². The molecule has 1 aromatic carbocycles. The fourth-order valence-corrected chi connectivity index (χ4v) is 1.92. The summed E-state index contributed by atoms with van der Waals surface area (Å²) in [6.07, 6.45) is 7.47. The maximum absolute atomic E-state index is 11.1. The molecule has 21 heavy (non-hydrogen) atoms. The highest BCUT2D eigenvalue weighted by Gasteiger charge is 2.05. The van der Waals surface area contributed by atoms with Gasteiger partial charge in [0.25, 0.3) is 0 Å². The van der Waals surface area contributed by atoms with E-state index in [-0.39, 0.29) is 17.4 Å². The van der Waals surface area contributed by atoms with E-state index in [1.54, 1.807) is 12.1 Å². The molecule has 1 aromatic rings. The summed E-state index contributed by atoms with van der Waals surface area (Å²) >= 11 is 0. The molecule has 0 aromatic heterocycles. The number of aromatic carboxylic acids is 1. The van der Waals surface area contributed by atoms with E-state index in [1.165, 1.54) is 31.4 Å². The number of benzene rings is 1. The maximum atomic E-state index is 11.1. The van der Waals surface area contributed by atoms with E-state index in [0.29, 0.717) is 0 Å². The SMILES string of the molecule is CCCCCCC([O])CCC.O=C(O)c1ccccc1O. The van der Waals surface area contributed by atoms with Crippen LogP contribution in [0.5, 0.6) is 5.75 Å². The van der Waals surface area contributed by atoms with Crippen molar-refractivity contribution < 1.29 is 20.1 Å². The van der Waals surface area contributed by atoms with E-state index in [9.17, 15) is 9.90 Å². The van der Waals surface area contributed by atoms with E-state index in [4.69, 9.17) is 10.2 Å². The van der Waals surface area contributed by atoms with Gasteiger partial charge in [-0.25, -0.2) is 9.90 Å². The molecule has 0 aliphatic carbocycles. The van der Waals surface area contributed by atoms with E-state index >= 15 is 0 Å². The number of carbonyl (C=O) groups is 1. The van der Waals surface area contributed by atoms with Gasteiger partial charge in [0.1, 0.15) is 11.3 Å². The van der Waals surface area contributed by atoms with Gasteiger partial charge in [-0.15, -0.1) is 0 Å². The molecule has 0 heterocycles. The van der Waals surface area contributed by atoms with Crippen LogP contribution in [0, 0.1) is 0 Å². The lowest BCUT2D eigenvalue weighted by Gasteiger charge is -2.05. The second kappa shape index (κ2) is 12.2. The zero-order chi connectivity index (χ0) is 16.1. The van der Waals surface area contributed by atoms with Gasteiger partial charge in [0.05, 0.1) is 6.10 Å². The van der Waals surface area contributed by atoms with Crippen molar-refractivity contribution in [2.75, 3.05) is 0 Å². The smallest absolute Gasteiger partial charge is 0.339 e. The Morgan fingerprint density at radius 2 is 1.71 bits per heavy atom. The predicted molar refractivity (Wildman–Crippen MR) is 83.2 cm³/mol. The monoisotopic (exact) mass is 295 g/mol. The molecule has 0 amide bonds. The summed E-state index contributed by atoms with van der Waals surface area (Å²) in [4.78, 5) is 10.3. The van der Waals surface area contributed by atoms with Crippen LogP contribution in [0.2, 0.25) is 0 Å². The van der Waals surface area contributed by atoms with Crippen molar-refractivity contribution in [2.24, 2.45) is 0 Å². The highest BCUT2D eigenvalue weighted by Crippen LogP contribution is 2.14. The molecule has 0 fully saturated rings. The number of rotatable bonds is 8. The van der Waals surface area contributed by atoms with Crippen LogP contribution < -0.4 is 0 Å². The van der Waals surface area contributed by atoms with Crippen LogP contribution in [0.25, 0.3) is 0 Å². The normalized spacial score (nSPS) is 11.4. The lowest BCUT2D eigenvalue weighted by Crippen LogP contribution is -2.02. The van der Waals surface area contributed by atoms with Gasteiger partial charge < -0.3 is 10.2 Å². The lowest BCUT2D eigenvalue weighted by atomic mass is 10.1. The van der Waals surface area contributed by atoms with Crippen LogP contribution in [0.4, 0.5) is 0 Å². The highest BCUT2D eigenvalue weighted by atomic mass is 16.4. The Balaban J connectivity index is 0.000000382. The number of hydrogen-bond donors (Lipinski definition) is 2. The van der Waals surface area contributed by atoms with Gasteiger partial charge in [0.15, 0.2) is 0 Å². The zero-order valence-electron chi connectivity index (χ0n) is 13.0. The van der Waals surface area contributed by atoms with Crippen LogP contribution in [-0.2, 0) is 5.11 Å². The summed E-state index contributed by atoms with van der Waals surface area (Å²) in [5, 5.41) is 28.4. The molecule has 0 spiro atoms. The second-order valence-electron chi connectivity index (χ2n) is 5.08. The molecule has 2 N–H and O–H groups in total. The molecule has 0 saturated heterocycles. The number of carboxylic acid groups (broad SMARTS) is 1. The Morgan fingerprint density at radius 3 is 2.19 bits per heavy atom. The van der Waals surface area contributed by atoms with Crippen molar-refractivity contribution in [3.8, 4) is 5.75 Å². The summed E-state index contributed by atoms with van der Waals surface area (Å²) in [5.74, 6) is -1.31.